The molecule has 10 heteroatoms. The topological polar surface area (TPSA) is 123 Å². The summed E-state index contributed by atoms with van der Waals surface area (Å²) < 4.78 is 12.4. The molecular formula is C25H39FN8O. The zero-order chi connectivity index (χ0) is 26.4. The van der Waals surface area contributed by atoms with Crippen molar-refractivity contribution in [1.82, 2.24) is 24.9 Å². The lowest BCUT2D eigenvalue weighted by Gasteiger charge is -2.08. The van der Waals surface area contributed by atoms with Crippen molar-refractivity contribution in [2.24, 2.45) is 4.99 Å². The molecule has 35 heavy (non-hydrogen) atoms. The van der Waals surface area contributed by atoms with E-state index in [1.54, 1.807) is 18.5 Å². The van der Waals surface area contributed by atoms with Gasteiger partial charge in [-0.15, -0.1) is 5.10 Å². The van der Waals surface area contributed by atoms with Gasteiger partial charge in [-0.3, -0.25) is 19.2 Å². The highest BCUT2D eigenvalue weighted by molar-refractivity contribution is 5.88. The number of carbonyl (C=O) groups excluding carboxylic acids is 1. The number of anilines is 2. The van der Waals surface area contributed by atoms with Crippen molar-refractivity contribution in [2.75, 3.05) is 31.3 Å². The number of rotatable bonds is 7. The van der Waals surface area contributed by atoms with E-state index in [9.17, 15) is 9.18 Å². The number of nitrogen functional groups attached to an aromatic ring is 1. The smallest absolute Gasteiger partial charge is 0.240 e. The van der Waals surface area contributed by atoms with Crippen LogP contribution in [0.25, 0.3) is 16.8 Å². The minimum Gasteiger partial charge on any atom is -0.371 e. The first kappa shape index (κ1) is 29.5. The predicted octanol–water partition coefficient (Wildman–Crippen LogP) is 5.12. The largest absolute Gasteiger partial charge is 0.371 e. The van der Waals surface area contributed by atoms with Gasteiger partial charge in [0.1, 0.15) is 5.52 Å². The molecule has 192 valence electrons. The third-order valence-electron chi connectivity index (χ3n) is 4.54. The molecule has 3 rings (SSSR count). The van der Waals surface area contributed by atoms with Crippen molar-refractivity contribution in [3.05, 3.63) is 30.1 Å². The number of hydrogen-bond donors (Lipinski definition) is 3. The quantitative estimate of drug-likeness (QED) is 0.314. The highest BCUT2D eigenvalue weighted by atomic mass is 19.1. The summed E-state index contributed by atoms with van der Waals surface area (Å²) in [5.41, 5.74) is 11.1. The molecule has 0 aliphatic rings. The third kappa shape index (κ3) is 9.68. The molecular weight excluding hydrogens is 447 g/mol. The number of nitrogens with two attached hydrogens (primary N) is 1. The van der Waals surface area contributed by atoms with Gasteiger partial charge in [0.25, 0.3) is 0 Å². The minimum absolute atomic E-state index is 0.0680. The van der Waals surface area contributed by atoms with E-state index in [4.69, 9.17) is 5.73 Å². The number of nitrogens with zero attached hydrogens (tertiary/aromatic N) is 5. The summed E-state index contributed by atoms with van der Waals surface area (Å²) in [7, 11) is 1.80. The number of fused-ring (bicyclic) bond motifs is 1. The second-order valence-corrected chi connectivity index (χ2v) is 7.98. The molecule has 0 bridgehead atoms. The number of hydrogen-bond acceptors (Lipinski definition) is 7. The second-order valence-electron chi connectivity index (χ2n) is 7.98. The molecule has 3 aromatic rings. The highest BCUT2D eigenvalue weighted by Gasteiger charge is 2.14. The Balaban J connectivity index is 0.000000427. The summed E-state index contributed by atoms with van der Waals surface area (Å²) in [6, 6.07) is 5.89. The first-order chi connectivity index (χ1) is 16.7. The lowest BCUT2D eigenvalue weighted by atomic mass is 10.1. The maximum atomic E-state index is 10.7. The zero-order valence-corrected chi connectivity index (χ0v) is 21.9. The van der Waals surface area contributed by atoms with Gasteiger partial charge in [0.05, 0.1) is 23.7 Å². The number of unbranched alkanes of at least 4 members (excludes halogenated alkanes) is 1. The van der Waals surface area contributed by atoms with Crippen LogP contribution < -0.4 is 16.4 Å². The van der Waals surface area contributed by atoms with Crippen molar-refractivity contribution in [3.63, 3.8) is 0 Å². The van der Waals surface area contributed by atoms with Crippen LogP contribution >= 0.6 is 0 Å². The zero-order valence-electron chi connectivity index (χ0n) is 21.9. The molecule has 0 aliphatic heterocycles. The Hall–Kier alpha value is -3.56. The average Bonchev–Trinajstić information content (AvgIpc) is 3.24. The first-order valence-corrected chi connectivity index (χ1v) is 11.8. The number of alkyl halides is 1. The standard InChI is InChI=1S/C16H19N7.C6H13NO.C3H7F/c1-9(2)19-12-5-6-13(20-10(12)3)11-7-8-23-14(11)15(18-4)21-16(17)22-23;1-3-4-5-7-6(2)8;1-2-3-4/h5-8H,1-4H3,(H3,17,18,21,22);3-5H2,1-2H3,(H,7,8);2-3H2,1H3. The molecule has 0 fully saturated rings. The predicted molar refractivity (Wildman–Crippen MR) is 143 cm³/mol. The fraction of sp³-hybridized carbons (Fsp3) is 0.480. The second kappa shape index (κ2) is 15.4. The molecule has 1 amide bonds. The van der Waals surface area contributed by atoms with E-state index < -0.39 is 0 Å². The molecule has 4 N–H and O–H groups in total. The van der Waals surface area contributed by atoms with E-state index in [0.717, 1.165) is 53.3 Å². The molecule has 0 spiro atoms. The van der Waals surface area contributed by atoms with Crippen molar-refractivity contribution >= 4 is 34.6 Å². The SMILES string of the molecule is CCCCNC(C)=O.CCCF.CNc1nc(N)nn2ccc(-c3ccc(N=C(C)C)c(C)n3)c12. The summed E-state index contributed by atoms with van der Waals surface area (Å²) in [6.07, 6.45) is 4.72. The van der Waals surface area contributed by atoms with E-state index >= 15 is 0 Å². The van der Waals surface area contributed by atoms with E-state index in [2.05, 4.69) is 37.6 Å². The Morgan fingerprint density at radius 2 is 1.83 bits per heavy atom. The highest BCUT2D eigenvalue weighted by Crippen LogP contribution is 2.30. The Bertz CT molecular complexity index is 1100. The fourth-order valence-electron chi connectivity index (χ4n) is 2.93. The van der Waals surface area contributed by atoms with Gasteiger partial charge in [-0.2, -0.15) is 4.98 Å². The van der Waals surface area contributed by atoms with Gasteiger partial charge in [-0.05, 0) is 51.8 Å². The molecule has 0 aromatic carbocycles. The van der Waals surface area contributed by atoms with E-state index in [0.29, 0.717) is 12.2 Å². The van der Waals surface area contributed by atoms with Crippen molar-refractivity contribution in [1.29, 1.82) is 0 Å². The minimum atomic E-state index is -0.181. The number of pyridine rings is 1. The average molecular weight is 487 g/mol. The number of nitrogens with one attached hydrogen (secondary N) is 2. The molecule has 0 saturated heterocycles. The van der Waals surface area contributed by atoms with Crippen molar-refractivity contribution in [3.8, 4) is 11.3 Å². The molecule has 3 aromatic heterocycles. The van der Waals surface area contributed by atoms with E-state index in [1.165, 1.54) is 6.92 Å². The summed E-state index contributed by atoms with van der Waals surface area (Å²) in [6.45, 7) is 12.0. The van der Waals surface area contributed by atoms with Crippen LogP contribution in [-0.2, 0) is 4.79 Å². The van der Waals surface area contributed by atoms with Gasteiger partial charge in [0.15, 0.2) is 5.82 Å². The number of carbonyl (C=O) groups is 1. The van der Waals surface area contributed by atoms with Crippen molar-refractivity contribution < 1.29 is 9.18 Å². The lowest BCUT2D eigenvalue weighted by molar-refractivity contribution is -0.118. The summed E-state index contributed by atoms with van der Waals surface area (Å²) in [5.74, 6) is 0.957. The molecule has 0 aliphatic carbocycles. The van der Waals surface area contributed by atoms with Crippen LogP contribution in [0.2, 0.25) is 0 Å². The van der Waals surface area contributed by atoms with Gasteiger partial charge < -0.3 is 16.4 Å². The van der Waals surface area contributed by atoms with Gasteiger partial charge in [-0.25, -0.2) is 4.52 Å². The lowest BCUT2D eigenvalue weighted by Crippen LogP contribution is -2.20. The molecule has 0 radical (unpaired) electrons. The molecule has 9 nitrogen and oxygen atoms in total. The van der Waals surface area contributed by atoms with Gasteiger partial charge in [0, 0.05) is 38.0 Å². The molecule has 3 heterocycles. The Kier molecular flexibility index (Phi) is 12.9. The molecule has 0 atom stereocenters. The van der Waals surface area contributed by atoms with Crippen molar-refractivity contribution in [2.45, 2.75) is 60.8 Å². The first-order valence-electron chi connectivity index (χ1n) is 11.8. The normalized spacial score (nSPS) is 9.94. The monoisotopic (exact) mass is 486 g/mol. The number of aryl methyl sites for hydroxylation is 1. The number of aromatic nitrogens is 4. The van der Waals surface area contributed by atoms with Crippen LogP contribution in [0.5, 0.6) is 0 Å². The number of halogens is 1. The van der Waals surface area contributed by atoms with Crippen LogP contribution in [0.4, 0.5) is 21.8 Å². The fourth-order valence-corrected chi connectivity index (χ4v) is 2.93. The third-order valence-corrected chi connectivity index (χ3v) is 4.54. The number of aliphatic imine (C=N–C) groups is 1. The van der Waals surface area contributed by atoms with Crippen LogP contribution in [-0.4, -0.2) is 51.5 Å². The van der Waals surface area contributed by atoms with Gasteiger partial charge >= 0.3 is 0 Å². The van der Waals surface area contributed by atoms with Gasteiger partial charge in [0.2, 0.25) is 11.9 Å². The van der Waals surface area contributed by atoms with Crippen LogP contribution in [0.1, 0.15) is 59.6 Å². The van der Waals surface area contributed by atoms with E-state index in [1.807, 2.05) is 45.2 Å². The summed E-state index contributed by atoms with van der Waals surface area (Å²) in [5, 5.41) is 9.97. The van der Waals surface area contributed by atoms with Crippen LogP contribution in [0, 0.1) is 6.92 Å². The molecule has 0 unspecified atom stereocenters. The summed E-state index contributed by atoms with van der Waals surface area (Å²) >= 11 is 0. The Labute approximate surface area is 207 Å². The maximum absolute atomic E-state index is 10.7. The Morgan fingerprint density at radius 3 is 2.34 bits per heavy atom. The van der Waals surface area contributed by atoms with E-state index in [-0.39, 0.29) is 18.5 Å². The molecule has 0 saturated carbocycles. The van der Waals surface area contributed by atoms with Crippen LogP contribution in [0.3, 0.4) is 0 Å². The van der Waals surface area contributed by atoms with Crippen LogP contribution in [0.15, 0.2) is 29.4 Å². The number of amides is 1. The summed E-state index contributed by atoms with van der Waals surface area (Å²) in [4.78, 5) is 23.6. The Morgan fingerprint density at radius 1 is 1.14 bits per heavy atom. The van der Waals surface area contributed by atoms with Gasteiger partial charge in [-0.1, -0.05) is 20.3 Å². The maximum Gasteiger partial charge on any atom is 0.240 e.